The molecule has 0 saturated heterocycles. The lowest BCUT2D eigenvalue weighted by Gasteiger charge is -2.14. The third-order valence-corrected chi connectivity index (χ3v) is 4.35. The fourth-order valence-electron chi connectivity index (χ4n) is 1.72. The van der Waals surface area contributed by atoms with Crippen LogP contribution in [0.4, 0.5) is 0 Å². The van der Waals surface area contributed by atoms with Crippen LogP contribution in [0.1, 0.15) is 38.3 Å². The Morgan fingerprint density at radius 2 is 1.87 bits per heavy atom. The third kappa shape index (κ3) is 7.26. The molecule has 1 aromatic rings. The minimum Gasteiger partial charge on any atom is -0.369 e. The van der Waals surface area contributed by atoms with Crippen molar-refractivity contribution in [2.24, 2.45) is 5.92 Å². The van der Waals surface area contributed by atoms with Crippen LogP contribution >= 0.6 is 0 Å². The van der Waals surface area contributed by atoms with Gasteiger partial charge in [0.25, 0.3) is 5.91 Å². The Morgan fingerprint density at radius 1 is 1.26 bits per heavy atom. The van der Waals surface area contributed by atoms with Crippen LogP contribution in [0.15, 0.2) is 24.3 Å². The zero-order chi connectivity index (χ0) is 17.5. The van der Waals surface area contributed by atoms with Crippen LogP contribution in [0.5, 0.6) is 0 Å². The van der Waals surface area contributed by atoms with Crippen LogP contribution in [0, 0.1) is 17.2 Å². The normalized spacial score (nSPS) is 12.7. The van der Waals surface area contributed by atoms with Crippen LogP contribution in [0.25, 0.3) is 0 Å². The molecule has 0 radical (unpaired) electrons. The van der Waals surface area contributed by atoms with Crippen molar-refractivity contribution >= 4 is 15.9 Å². The van der Waals surface area contributed by atoms with Gasteiger partial charge in [-0.15, -0.1) is 0 Å². The smallest absolute Gasteiger partial charge is 0.262 e. The number of ether oxygens (including phenoxy) is 1. The molecule has 126 valence electrons. The largest absolute Gasteiger partial charge is 0.369 e. The number of carbonyl (C=O) groups is 1. The Hall–Kier alpha value is -1.91. The van der Waals surface area contributed by atoms with Crippen molar-refractivity contribution in [2.45, 2.75) is 39.0 Å². The fourth-order valence-corrected chi connectivity index (χ4v) is 2.90. The van der Waals surface area contributed by atoms with Crippen LogP contribution in [0.3, 0.4) is 0 Å². The van der Waals surface area contributed by atoms with Crippen molar-refractivity contribution < 1.29 is 17.9 Å². The number of carbonyl (C=O) groups excluding carboxylic acids is 1. The number of nitrogens with zero attached hydrogens (tertiary/aromatic N) is 1. The number of sulfonamides is 1. The Morgan fingerprint density at radius 3 is 2.39 bits per heavy atom. The molecule has 0 spiro atoms. The number of hydrogen-bond acceptors (Lipinski definition) is 5. The summed E-state index contributed by atoms with van der Waals surface area (Å²) in [6.45, 7) is 6.00. The molecule has 0 aliphatic heterocycles. The van der Waals surface area contributed by atoms with E-state index in [1.807, 2.05) is 24.6 Å². The van der Waals surface area contributed by atoms with Gasteiger partial charge in [-0.2, -0.15) is 5.26 Å². The molecule has 1 aromatic carbocycles. The lowest BCUT2D eigenvalue weighted by atomic mass is 10.1. The number of benzene rings is 1. The molecule has 6 nitrogen and oxygen atoms in total. The van der Waals surface area contributed by atoms with Gasteiger partial charge in [0, 0.05) is 6.61 Å². The van der Waals surface area contributed by atoms with E-state index in [1.165, 1.54) is 19.1 Å². The van der Waals surface area contributed by atoms with Gasteiger partial charge < -0.3 is 4.74 Å². The summed E-state index contributed by atoms with van der Waals surface area (Å²) in [7, 11) is -3.80. The molecule has 0 fully saturated rings. The molecule has 1 N–H and O–H groups in total. The van der Waals surface area contributed by atoms with Crippen LogP contribution < -0.4 is 4.72 Å². The van der Waals surface area contributed by atoms with E-state index in [9.17, 15) is 13.2 Å². The standard InChI is InChI=1S/C16H22N2O4S/c1-12(2)8-9-22-13(3)16(19)18-23(20,21)11-15-6-4-14(10-17)5-7-15/h4-7,12-13H,8-9,11H2,1-3H3,(H,18,19)/t13-/m1/s1. The summed E-state index contributed by atoms with van der Waals surface area (Å²) in [6, 6.07) is 8.11. The second-order valence-electron chi connectivity index (χ2n) is 5.73. The van der Waals surface area contributed by atoms with E-state index in [1.54, 1.807) is 12.1 Å². The Balaban J connectivity index is 2.56. The quantitative estimate of drug-likeness (QED) is 0.781. The van der Waals surface area contributed by atoms with E-state index in [4.69, 9.17) is 10.00 Å². The van der Waals surface area contributed by atoms with E-state index < -0.39 is 22.0 Å². The van der Waals surface area contributed by atoms with Crippen molar-refractivity contribution in [3.63, 3.8) is 0 Å². The first-order valence-electron chi connectivity index (χ1n) is 7.38. The Kier molecular flexibility index (Phi) is 7.20. The van der Waals surface area contributed by atoms with Crippen molar-refractivity contribution in [1.82, 2.24) is 4.72 Å². The molecule has 23 heavy (non-hydrogen) atoms. The second-order valence-corrected chi connectivity index (χ2v) is 7.45. The van der Waals surface area contributed by atoms with Crippen LogP contribution in [0.2, 0.25) is 0 Å². The molecule has 0 aromatic heterocycles. The summed E-state index contributed by atoms with van der Waals surface area (Å²) in [5.41, 5.74) is 0.944. The van der Waals surface area contributed by atoms with Gasteiger partial charge in [0.05, 0.1) is 17.4 Å². The molecule has 0 unspecified atom stereocenters. The van der Waals surface area contributed by atoms with Gasteiger partial charge in [0.15, 0.2) is 0 Å². The average Bonchev–Trinajstić information content (AvgIpc) is 2.46. The molecule has 0 aliphatic rings. The first-order valence-corrected chi connectivity index (χ1v) is 9.03. The van der Waals surface area contributed by atoms with E-state index >= 15 is 0 Å². The second kappa shape index (κ2) is 8.65. The number of rotatable bonds is 8. The summed E-state index contributed by atoms with van der Waals surface area (Å²) in [5, 5.41) is 8.71. The summed E-state index contributed by atoms with van der Waals surface area (Å²) >= 11 is 0. The Bertz CT molecular complexity index is 660. The summed E-state index contributed by atoms with van der Waals surface area (Å²) in [5.74, 6) is -0.559. The van der Waals surface area contributed by atoms with Gasteiger partial charge in [-0.05, 0) is 37.0 Å². The fraction of sp³-hybridized carbons (Fsp3) is 0.500. The van der Waals surface area contributed by atoms with E-state index in [-0.39, 0.29) is 5.75 Å². The molecule has 0 saturated carbocycles. The number of amides is 1. The third-order valence-electron chi connectivity index (χ3n) is 3.13. The minimum absolute atomic E-state index is 0.330. The molecule has 1 amide bonds. The first-order chi connectivity index (χ1) is 10.7. The first kappa shape index (κ1) is 19.1. The highest BCUT2D eigenvalue weighted by molar-refractivity contribution is 7.89. The van der Waals surface area contributed by atoms with Gasteiger partial charge in [0.1, 0.15) is 6.10 Å². The predicted molar refractivity (Wildman–Crippen MR) is 86.8 cm³/mol. The van der Waals surface area contributed by atoms with Crippen molar-refractivity contribution in [3.8, 4) is 6.07 Å². The summed E-state index contributed by atoms with van der Waals surface area (Å²) < 4.78 is 31.3. The summed E-state index contributed by atoms with van der Waals surface area (Å²) in [6.07, 6.45) is -0.0280. The topological polar surface area (TPSA) is 96.3 Å². The minimum atomic E-state index is -3.80. The van der Waals surface area contributed by atoms with Gasteiger partial charge in [0.2, 0.25) is 10.0 Å². The molecular weight excluding hydrogens is 316 g/mol. The predicted octanol–water partition coefficient (Wildman–Crippen LogP) is 1.96. The lowest BCUT2D eigenvalue weighted by molar-refractivity contribution is -0.130. The molecular formula is C16H22N2O4S. The number of nitrogens with one attached hydrogen (secondary N) is 1. The molecule has 7 heteroatoms. The lowest BCUT2D eigenvalue weighted by Crippen LogP contribution is -2.39. The number of nitriles is 1. The van der Waals surface area contributed by atoms with Gasteiger partial charge >= 0.3 is 0 Å². The van der Waals surface area contributed by atoms with Gasteiger partial charge in [-0.3, -0.25) is 9.52 Å². The highest BCUT2D eigenvalue weighted by Gasteiger charge is 2.20. The SMILES string of the molecule is CC(C)CCO[C@H](C)C(=O)NS(=O)(=O)Cc1ccc(C#N)cc1. The maximum Gasteiger partial charge on any atom is 0.262 e. The molecule has 0 bridgehead atoms. The average molecular weight is 338 g/mol. The highest BCUT2D eigenvalue weighted by atomic mass is 32.2. The van der Waals surface area contributed by atoms with E-state index in [0.29, 0.717) is 23.7 Å². The Labute approximate surface area is 137 Å². The van der Waals surface area contributed by atoms with E-state index in [2.05, 4.69) is 0 Å². The summed E-state index contributed by atoms with van der Waals surface area (Å²) in [4.78, 5) is 11.9. The zero-order valence-corrected chi connectivity index (χ0v) is 14.4. The maximum atomic E-state index is 12.0. The van der Waals surface area contributed by atoms with Crippen molar-refractivity contribution in [1.29, 1.82) is 5.26 Å². The maximum absolute atomic E-state index is 12.0. The van der Waals surface area contributed by atoms with Crippen molar-refractivity contribution in [2.75, 3.05) is 6.61 Å². The highest BCUT2D eigenvalue weighted by Crippen LogP contribution is 2.08. The molecule has 0 aliphatic carbocycles. The van der Waals surface area contributed by atoms with Gasteiger partial charge in [-0.1, -0.05) is 26.0 Å². The van der Waals surface area contributed by atoms with Crippen LogP contribution in [-0.2, 0) is 25.3 Å². The van der Waals surface area contributed by atoms with Crippen LogP contribution in [-0.4, -0.2) is 27.0 Å². The molecule has 0 heterocycles. The van der Waals surface area contributed by atoms with Gasteiger partial charge in [-0.25, -0.2) is 8.42 Å². The number of hydrogen-bond donors (Lipinski definition) is 1. The zero-order valence-electron chi connectivity index (χ0n) is 13.6. The molecule has 1 atom stereocenters. The monoisotopic (exact) mass is 338 g/mol. The molecule has 1 rings (SSSR count). The van der Waals surface area contributed by atoms with E-state index in [0.717, 1.165) is 6.42 Å². The van der Waals surface area contributed by atoms with Crippen molar-refractivity contribution in [3.05, 3.63) is 35.4 Å².